The molecule has 140 valence electrons. The maximum Gasteiger partial charge on any atom is 0.255 e. The van der Waals surface area contributed by atoms with Crippen molar-refractivity contribution in [1.29, 1.82) is 0 Å². The van der Waals surface area contributed by atoms with Crippen molar-refractivity contribution >= 4 is 34.0 Å². The van der Waals surface area contributed by atoms with Crippen LogP contribution >= 0.6 is 11.3 Å². The summed E-state index contributed by atoms with van der Waals surface area (Å²) in [5.74, 6) is 0.412. The molecule has 1 aromatic carbocycles. The third-order valence-corrected chi connectivity index (χ3v) is 6.20. The van der Waals surface area contributed by atoms with Crippen LogP contribution in [-0.4, -0.2) is 15.9 Å². The van der Waals surface area contributed by atoms with Gasteiger partial charge in [-0.1, -0.05) is 12.1 Å². The van der Waals surface area contributed by atoms with Crippen LogP contribution in [-0.2, 0) is 0 Å². The highest BCUT2D eigenvalue weighted by Gasteiger charge is 2.31. The Balaban J connectivity index is 1.50. The molecule has 0 spiro atoms. The second-order valence-electron chi connectivity index (χ2n) is 7.20. The lowest BCUT2D eigenvalue weighted by molar-refractivity contribution is 0.102. The van der Waals surface area contributed by atoms with E-state index in [9.17, 15) is 4.79 Å². The number of amides is 1. The van der Waals surface area contributed by atoms with Crippen molar-refractivity contribution in [1.82, 2.24) is 9.97 Å². The fraction of sp³-hybridized carbons (Fsp3) is 0.182. The number of aromatic nitrogens is 2. The van der Waals surface area contributed by atoms with Crippen LogP contribution in [0.2, 0.25) is 0 Å². The number of nitrogens with one attached hydrogen (secondary N) is 2. The standard InChI is InChI=1S/C22H20N4OS/c23-20(13-3-4-13)15-6-5-14(12-17(15)19-2-1-11-28-19)22(27)26-18-8-10-25-21-16(18)7-9-24-21/h1-2,5-13,20H,3-4,23H2,(H2,24,25,26,27). The quantitative estimate of drug-likeness (QED) is 0.452. The highest BCUT2D eigenvalue weighted by atomic mass is 32.1. The summed E-state index contributed by atoms with van der Waals surface area (Å²) in [6.45, 7) is 0. The molecule has 1 unspecified atom stereocenters. The number of H-pyrrole nitrogens is 1. The Kier molecular flexibility index (Phi) is 4.22. The van der Waals surface area contributed by atoms with Gasteiger partial charge in [0, 0.05) is 34.3 Å². The molecule has 1 aliphatic carbocycles. The maximum atomic E-state index is 13.0. The van der Waals surface area contributed by atoms with Gasteiger partial charge in [0.15, 0.2) is 0 Å². The molecule has 28 heavy (non-hydrogen) atoms. The van der Waals surface area contributed by atoms with Gasteiger partial charge >= 0.3 is 0 Å². The van der Waals surface area contributed by atoms with E-state index in [0.29, 0.717) is 11.5 Å². The largest absolute Gasteiger partial charge is 0.346 e. The molecule has 3 heterocycles. The second kappa shape index (κ2) is 6.89. The van der Waals surface area contributed by atoms with Gasteiger partial charge in [-0.3, -0.25) is 4.79 Å². The summed E-state index contributed by atoms with van der Waals surface area (Å²) in [5, 5.41) is 5.96. The van der Waals surface area contributed by atoms with E-state index in [0.717, 1.165) is 32.7 Å². The zero-order valence-electron chi connectivity index (χ0n) is 15.2. The molecule has 1 amide bonds. The first-order valence-electron chi connectivity index (χ1n) is 9.37. The summed E-state index contributed by atoms with van der Waals surface area (Å²) in [6, 6.07) is 13.7. The maximum absolute atomic E-state index is 13.0. The van der Waals surface area contributed by atoms with Gasteiger partial charge in [0.25, 0.3) is 5.91 Å². The summed E-state index contributed by atoms with van der Waals surface area (Å²) < 4.78 is 0. The zero-order valence-corrected chi connectivity index (χ0v) is 16.0. The van der Waals surface area contributed by atoms with Crippen molar-refractivity contribution in [2.24, 2.45) is 11.7 Å². The minimum Gasteiger partial charge on any atom is -0.346 e. The molecule has 4 aromatic rings. The monoisotopic (exact) mass is 388 g/mol. The molecule has 0 radical (unpaired) electrons. The first kappa shape index (κ1) is 17.2. The summed E-state index contributed by atoms with van der Waals surface area (Å²) in [5.41, 5.74) is 10.8. The molecular weight excluding hydrogens is 368 g/mol. The molecule has 3 aromatic heterocycles. The number of thiophene rings is 1. The number of rotatable bonds is 5. The van der Waals surface area contributed by atoms with Crippen LogP contribution < -0.4 is 11.1 Å². The average Bonchev–Trinajstić information content (AvgIpc) is 3.21. The lowest BCUT2D eigenvalue weighted by Crippen LogP contribution is -2.16. The van der Waals surface area contributed by atoms with Crippen LogP contribution in [0.15, 0.2) is 60.2 Å². The average molecular weight is 388 g/mol. The molecular formula is C22H20N4OS. The van der Waals surface area contributed by atoms with Crippen LogP contribution in [0.3, 0.4) is 0 Å². The van der Waals surface area contributed by atoms with Crippen molar-refractivity contribution in [2.45, 2.75) is 18.9 Å². The van der Waals surface area contributed by atoms with E-state index < -0.39 is 0 Å². The number of anilines is 1. The predicted octanol–water partition coefficient (Wildman–Crippen LogP) is 4.95. The van der Waals surface area contributed by atoms with Crippen molar-refractivity contribution in [2.75, 3.05) is 5.32 Å². The predicted molar refractivity (Wildman–Crippen MR) is 113 cm³/mol. The number of hydrogen-bond acceptors (Lipinski definition) is 4. The van der Waals surface area contributed by atoms with Gasteiger partial charge in [0.2, 0.25) is 0 Å². The Morgan fingerprint density at radius 1 is 1.25 bits per heavy atom. The summed E-state index contributed by atoms with van der Waals surface area (Å²) in [6.07, 6.45) is 5.86. The lowest BCUT2D eigenvalue weighted by Gasteiger charge is -2.17. The van der Waals surface area contributed by atoms with Gasteiger partial charge in [-0.2, -0.15) is 0 Å². The Bertz CT molecular complexity index is 1140. The fourth-order valence-corrected chi connectivity index (χ4v) is 4.37. The third kappa shape index (κ3) is 3.10. The molecule has 5 nitrogen and oxygen atoms in total. The molecule has 1 saturated carbocycles. The SMILES string of the molecule is NC(c1ccc(C(=O)Nc2ccnc3[nH]ccc23)cc1-c1cccs1)C1CC1. The van der Waals surface area contributed by atoms with E-state index in [4.69, 9.17) is 5.73 Å². The Hall–Kier alpha value is -2.96. The normalized spacial score (nSPS) is 14.9. The molecule has 5 rings (SSSR count). The number of fused-ring (bicyclic) bond motifs is 1. The minimum atomic E-state index is -0.141. The number of carbonyl (C=O) groups is 1. The lowest BCUT2D eigenvalue weighted by atomic mass is 9.94. The van der Waals surface area contributed by atoms with Gasteiger partial charge < -0.3 is 16.0 Å². The van der Waals surface area contributed by atoms with Gasteiger partial charge in [0.1, 0.15) is 5.65 Å². The van der Waals surface area contributed by atoms with Crippen LogP contribution in [0.5, 0.6) is 0 Å². The topological polar surface area (TPSA) is 83.8 Å². The van der Waals surface area contributed by atoms with E-state index in [1.807, 2.05) is 48.0 Å². The highest BCUT2D eigenvalue weighted by Crippen LogP contribution is 2.43. The number of pyridine rings is 1. The molecule has 1 fully saturated rings. The van der Waals surface area contributed by atoms with Gasteiger partial charge in [-0.05, 0) is 65.6 Å². The van der Waals surface area contributed by atoms with Crippen molar-refractivity contribution < 1.29 is 4.79 Å². The molecule has 0 bridgehead atoms. The first-order valence-corrected chi connectivity index (χ1v) is 10.3. The number of aromatic amines is 1. The Morgan fingerprint density at radius 3 is 2.93 bits per heavy atom. The van der Waals surface area contributed by atoms with E-state index >= 15 is 0 Å². The number of carbonyl (C=O) groups excluding carboxylic acids is 1. The molecule has 1 atom stereocenters. The summed E-state index contributed by atoms with van der Waals surface area (Å²) in [4.78, 5) is 21.4. The van der Waals surface area contributed by atoms with Gasteiger partial charge in [-0.15, -0.1) is 11.3 Å². The Labute approximate surface area is 166 Å². The second-order valence-corrected chi connectivity index (χ2v) is 8.14. The van der Waals surface area contributed by atoms with Gasteiger partial charge in [-0.25, -0.2) is 4.98 Å². The van der Waals surface area contributed by atoms with E-state index in [2.05, 4.69) is 21.4 Å². The number of hydrogen-bond donors (Lipinski definition) is 3. The number of nitrogens with zero attached hydrogens (tertiary/aromatic N) is 1. The van der Waals surface area contributed by atoms with Crippen molar-refractivity contribution in [3.05, 3.63) is 71.4 Å². The van der Waals surface area contributed by atoms with Crippen molar-refractivity contribution in [3.8, 4) is 10.4 Å². The van der Waals surface area contributed by atoms with E-state index in [-0.39, 0.29) is 11.9 Å². The summed E-state index contributed by atoms with van der Waals surface area (Å²) >= 11 is 1.67. The summed E-state index contributed by atoms with van der Waals surface area (Å²) in [7, 11) is 0. The Morgan fingerprint density at radius 2 is 2.14 bits per heavy atom. The molecule has 4 N–H and O–H groups in total. The van der Waals surface area contributed by atoms with E-state index in [1.54, 1.807) is 17.5 Å². The van der Waals surface area contributed by atoms with E-state index in [1.165, 1.54) is 12.8 Å². The third-order valence-electron chi connectivity index (χ3n) is 5.30. The van der Waals surface area contributed by atoms with Crippen LogP contribution in [0.1, 0.15) is 34.8 Å². The van der Waals surface area contributed by atoms with Crippen LogP contribution in [0.25, 0.3) is 21.5 Å². The molecule has 6 heteroatoms. The van der Waals surface area contributed by atoms with Gasteiger partial charge in [0.05, 0.1) is 5.69 Å². The van der Waals surface area contributed by atoms with Crippen LogP contribution in [0.4, 0.5) is 5.69 Å². The zero-order chi connectivity index (χ0) is 19.1. The fourth-order valence-electron chi connectivity index (χ4n) is 3.61. The number of nitrogens with two attached hydrogens (primary N) is 1. The first-order chi connectivity index (χ1) is 13.7. The molecule has 0 saturated heterocycles. The van der Waals surface area contributed by atoms with Crippen LogP contribution in [0, 0.1) is 5.92 Å². The molecule has 1 aliphatic rings. The number of benzene rings is 1. The molecule has 0 aliphatic heterocycles. The minimum absolute atomic E-state index is 0.0221. The van der Waals surface area contributed by atoms with Crippen molar-refractivity contribution in [3.63, 3.8) is 0 Å². The highest BCUT2D eigenvalue weighted by molar-refractivity contribution is 7.13. The smallest absolute Gasteiger partial charge is 0.255 e.